The van der Waals surface area contributed by atoms with Gasteiger partial charge in [-0.15, -0.1) is 0 Å². The van der Waals surface area contributed by atoms with E-state index in [1.807, 2.05) is 18.2 Å². The van der Waals surface area contributed by atoms with Crippen LogP contribution in [0.4, 0.5) is 0 Å². The zero-order valence-electron chi connectivity index (χ0n) is 9.15. The quantitative estimate of drug-likeness (QED) is 0.831. The summed E-state index contributed by atoms with van der Waals surface area (Å²) in [5.41, 5.74) is 4.66. The van der Waals surface area contributed by atoms with Gasteiger partial charge in [-0.05, 0) is 41.3 Å². The van der Waals surface area contributed by atoms with Crippen molar-refractivity contribution in [1.82, 2.24) is 0 Å². The minimum Gasteiger partial charge on any atom is -0.507 e. The molecule has 1 N–H and O–H groups in total. The molecule has 3 rings (SSSR count). The summed E-state index contributed by atoms with van der Waals surface area (Å²) < 4.78 is 0.988. The van der Waals surface area contributed by atoms with E-state index in [-0.39, 0.29) is 0 Å². The number of hydrogen-bond acceptors (Lipinski definition) is 1. The number of phenolic OH excluding ortho intramolecular Hbond substituents is 1. The van der Waals surface area contributed by atoms with Crippen LogP contribution in [0.1, 0.15) is 16.7 Å². The van der Waals surface area contributed by atoms with Gasteiger partial charge >= 0.3 is 0 Å². The molecule has 0 aliphatic heterocycles. The summed E-state index contributed by atoms with van der Waals surface area (Å²) in [7, 11) is 0. The average Bonchev–Trinajstić information content (AvgIpc) is 2.75. The topological polar surface area (TPSA) is 20.2 Å². The Morgan fingerprint density at radius 3 is 2.71 bits per heavy atom. The minimum absolute atomic E-state index is 0.340. The van der Waals surface area contributed by atoms with Crippen LogP contribution < -0.4 is 0 Å². The third kappa shape index (κ3) is 1.89. The lowest BCUT2D eigenvalue weighted by Gasteiger charge is -2.06. The number of benzene rings is 2. The summed E-state index contributed by atoms with van der Waals surface area (Å²) in [6.07, 6.45) is 3.04. The van der Waals surface area contributed by atoms with Crippen molar-refractivity contribution in [2.45, 2.75) is 6.42 Å². The maximum absolute atomic E-state index is 9.91. The maximum atomic E-state index is 9.91. The molecule has 2 aromatic rings. The van der Waals surface area contributed by atoms with Crippen LogP contribution in [0.3, 0.4) is 0 Å². The Kier molecular flexibility index (Phi) is 2.52. The van der Waals surface area contributed by atoms with E-state index in [0.29, 0.717) is 5.75 Å². The standard InChI is InChI=1S/C15H11BrO/c16-13-5-6-15(17)14(9-13)12-7-10-3-1-2-4-11(10)8-12/h1-7,9,17H,8H2. The molecular weight excluding hydrogens is 276 g/mol. The molecule has 0 unspecified atom stereocenters. The molecule has 1 aliphatic carbocycles. The van der Waals surface area contributed by atoms with Crippen LogP contribution in [0.15, 0.2) is 46.9 Å². The van der Waals surface area contributed by atoms with Crippen molar-refractivity contribution >= 4 is 27.6 Å². The Labute approximate surface area is 109 Å². The molecule has 2 heteroatoms. The van der Waals surface area contributed by atoms with E-state index in [1.54, 1.807) is 6.07 Å². The molecule has 0 saturated heterocycles. The highest BCUT2D eigenvalue weighted by atomic mass is 79.9. The fraction of sp³-hybridized carbons (Fsp3) is 0.0667. The molecule has 0 spiro atoms. The summed E-state index contributed by atoms with van der Waals surface area (Å²) in [5.74, 6) is 0.340. The largest absolute Gasteiger partial charge is 0.507 e. The van der Waals surface area contributed by atoms with Crippen LogP contribution in [0.5, 0.6) is 5.75 Å². The SMILES string of the molecule is Oc1ccc(Br)cc1C1=Cc2ccccc2C1. The van der Waals surface area contributed by atoms with E-state index in [0.717, 1.165) is 16.5 Å². The first-order valence-corrected chi connectivity index (χ1v) is 6.31. The summed E-state index contributed by atoms with van der Waals surface area (Å²) in [6, 6.07) is 13.9. The number of phenols is 1. The Balaban J connectivity index is 2.06. The smallest absolute Gasteiger partial charge is 0.123 e. The Bertz CT molecular complexity index is 614. The van der Waals surface area contributed by atoms with Gasteiger partial charge in [0.15, 0.2) is 0 Å². The molecule has 0 fully saturated rings. The van der Waals surface area contributed by atoms with Crippen LogP contribution in [-0.2, 0) is 6.42 Å². The van der Waals surface area contributed by atoms with Crippen molar-refractivity contribution in [2.75, 3.05) is 0 Å². The van der Waals surface area contributed by atoms with E-state index in [2.05, 4.69) is 40.2 Å². The van der Waals surface area contributed by atoms with Gasteiger partial charge < -0.3 is 5.11 Å². The van der Waals surface area contributed by atoms with E-state index in [9.17, 15) is 5.11 Å². The highest BCUT2D eigenvalue weighted by Crippen LogP contribution is 2.36. The maximum Gasteiger partial charge on any atom is 0.123 e. The van der Waals surface area contributed by atoms with Crippen molar-refractivity contribution in [3.8, 4) is 5.75 Å². The van der Waals surface area contributed by atoms with Crippen LogP contribution in [-0.4, -0.2) is 5.11 Å². The molecule has 0 bridgehead atoms. The lowest BCUT2D eigenvalue weighted by Crippen LogP contribution is -1.86. The van der Waals surface area contributed by atoms with Crippen LogP contribution in [0.2, 0.25) is 0 Å². The van der Waals surface area contributed by atoms with E-state index in [4.69, 9.17) is 0 Å². The molecule has 1 nitrogen and oxygen atoms in total. The second kappa shape index (κ2) is 4.04. The van der Waals surface area contributed by atoms with Gasteiger partial charge in [0.05, 0.1) is 0 Å². The average molecular weight is 287 g/mol. The van der Waals surface area contributed by atoms with E-state index < -0.39 is 0 Å². The number of allylic oxidation sites excluding steroid dienone is 1. The van der Waals surface area contributed by atoms with Gasteiger partial charge in [0, 0.05) is 10.0 Å². The lowest BCUT2D eigenvalue weighted by molar-refractivity contribution is 0.473. The Hall–Kier alpha value is -1.54. The van der Waals surface area contributed by atoms with Gasteiger partial charge in [0.25, 0.3) is 0 Å². The van der Waals surface area contributed by atoms with Crippen molar-refractivity contribution in [3.05, 3.63) is 63.6 Å². The zero-order valence-corrected chi connectivity index (χ0v) is 10.7. The molecule has 1 aliphatic rings. The van der Waals surface area contributed by atoms with Crippen LogP contribution in [0.25, 0.3) is 11.6 Å². The van der Waals surface area contributed by atoms with E-state index in [1.165, 1.54) is 16.7 Å². The first-order chi connectivity index (χ1) is 8.24. The molecule has 0 aromatic heterocycles. The van der Waals surface area contributed by atoms with Crippen LogP contribution in [0, 0.1) is 0 Å². The normalized spacial score (nSPS) is 13.4. The highest BCUT2D eigenvalue weighted by molar-refractivity contribution is 9.10. The molecule has 0 saturated carbocycles. The van der Waals surface area contributed by atoms with Crippen molar-refractivity contribution in [2.24, 2.45) is 0 Å². The molecule has 0 amide bonds. The zero-order chi connectivity index (χ0) is 11.8. The first kappa shape index (κ1) is 10.6. The molecular formula is C15H11BrO. The fourth-order valence-corrected chi connectivity index (χ4v) is 2.58. The van der Waals surface area contributed by atoms with Gasteiger partial charge in [-0.3, -0.25) is 0 Å². The highest BCUT2D eigenvalue weighted by Gasteiger charge is 2.16. The predicted octanol–water partition coefficient (Wildman–Crippen LogP) is 4.25. The van der Waals surface area contributed by atoms with Gasteiger partial charge in [0.1, 0.15) is 5.75 Å². The Morgan fingerprint density at radius 2 is 1.88 bits per heavy atom. The van der Waals surface area contributed by atoms with Gasteiger partial charge in [-0.1, -0.05) is 46.3 Å². The number of aromatic hydroxyl groups is 1. The number of hydrogen-bond donors (Lipinski definition) is 1. The number of fused-ring (bicyclic) bond motifs is 1. The number of halogens is 1. The summed E-state index contributed by atoms with van der Waals surface area (Å²) in [5, 5.41) is 9.91. The van der Waals surface area contributed by atoms with Crippen molar-refractivity contribution in [3.63, 3.8) is 0 Å². The summed E-state index contributed by atoms with van der Waals surface area (Å²) in [6.45, 7) is 0. The molecule has 0 heterocycles. The van der Waals surface area contributed by atoms with Crippen molar-refractivity contribution < 1.29 is 5.11 Å². The predicted molar refractivity (Wildman–Crippen MR) is 73.8 cm³/mol. The third-order valence-electron chi connectivity index (χ3n) is 3.07. The van der Waals surface area contributed by atoms with Crippen LogP contribution >= 0.6 is 15.9 Å². The van der Waals surface area contributed by atoms with Gasteiger partial charge in [-0.2, -0.15) is 0 Å². The first-order valence-electron chi connectivity index (χ1n) is 5.51. The third-order valence-corrected chi connectivity index (χ3v) is 3.56. The second-order valence-corrected chi connectivity index (χ2v) is 5.12. The molecule has 84 valence electrons. The molecule has 2 aromatic carbocycles. The monoisotopic (exact) mass is 286 g/mol. The summed E-state index contributed by atoms with van der Waals surface area (Å²) >= 11 is 3.44. The molecule has 17 heavy (non-hydrogen) atoms. The van der Waals surface area contributed by atoms with Gasteiger partial charge in [-0.25, -0.2) is 0 Å². The number of rotatable bonds is 1. The Morgan fingerprint density at radius 1 is 1.06 bits per heavy atom. The minimum atomic E-state index is 0.340. The lowest BCUT2D eigenvalue weighted by atomic mass is 10.0. The van der Waals surface area contributed by atoms with E-state index >= 15 is 0 Å². The summed E-state index contributed by atoms with van der Waals surface area (Å²) in [4.78, 5) is 0. The fourth-order valence-electron chi connectivity index (χ4n) is 2.22. The van der Waals surface area contributed by atoms with Crippen molar-refractivity contribution in [1.29, 1.82) is 0 Å². The molecule has 0 radical (unpaired) electrons. The second-order valence-electron chi connectivity index (χ2n) is 4.21. The van der Waals surface area contributed by atoms with Gasteiger partial charge in [0.2, 0.25) is 0 Å². The molecule has 0 atom stereocenters.